The lowest BCUT2D eigenvalue weighted by molar-refractivity contribution is -0.0669. The molecule has 134 valence electrons. The van der Waals surface area contributed by atoms with E-state index in [4.69, 9.17) is 0 Å². The van der Waals surface area contributed by atoms with Gasteiger partial charge in [0, 0.05) is 49.3 Å². The Hall–Kier alpha value is -1.92. The van der Waals surface area contributed by atoms with E-state index in [2.05, 4.69) is 28.5 Å². The maximum absolute atomic E-state index is 11.3. The minimum Gasteiger partial charge on any atom is -0.382 e. The number of piperidine rings is 1. The van der Waals surface area contributed by atoms with Gasteiger partial charge in [0.1, 0.15) is 11.4 Å². The maximum atomic E-state index is 11.3. The lowest BCUT2D eigenvalue weighted by Gasteiger charge is -2.43. The van der Waals surface area contributed by atoms with Gasteiger partial charge in [-0.05, 0) is 32.6 Å². The topological polar surface area (TPSA) is 59.1 Å². The molecule has 2 saturated heterocycles. The van der Waals surface area contributed by atoms with Crippen LogP contribution in [0.25, 0.3) is 0 Å². The van der Waals surface area contributed by atoms with E-state index in [9.17, 15) is 5.11 Å². The molecule has 2 aliphatic heterocycles. The van der Waals surface area contributed by atoms with Crippen molar-refractivity contribution in [2.75, 3.05) is 0 Å². The monoisotopic (exact) mass is 341 g/mol. The lowest BCUT2D eigenvalue weighted by Crippen LogP contribution is -2.50. The summed E-state index contributed by atoms with van der Waals surface area (Å²) in [7, 11) is 1.96. The summed E-state index contributed by atoms with van der Waals surface area (Å²) < 4.78 is 3.96. The Kier molecular flexibility index (Phi) is 4.04. The van der Waals surface area contributed by atoms with Gasteiger partial charge in [-0.25, -0.2) is 4.98 Å². The summed E-state index contributed by atoms with van der Waals surface area (Å²) in [6.07, 6.45) is 11.4. The molecule has 2 unspecified atom stereocenters. The highest BCUT2D eigenvalue weighted by molar-refractivity contribution is 5.19. The third-order valence-electron chi connectivity index (χ3n) is 6.01. The Labute approximate surface area is 148 Å². The smallest absolute Gasteiger partial charge is 0.140 e. The molecular weight excluding hydrogens is 314 g/mol. The molecule has 6 nitrogen and oxygen atoms in total. The van der Waals surface area contributed by atoms with Gasteiger partial charge in [0.2, 0.25) is 0 Å². The minimum atomic E-state index is -0.803. The van der Waals surface area contributed by atoms with E-state index in [0.717, 1.165) is 44.6 Å². The fraction of sp³-hybridized carbons (Fsp3) is 0.579. The average Bonchev–Trinajstić information content (AvgIpc) is 3.22. The second kappa shape index (κ2) is 6.11. The summed E-state index contributed by atoms with van der Waals surface area (Å²) in [5, 5.41) is 15.7. The fourth-order valence-electron chi connectivity index (χ4n) is 4.71. The number of fused-ring (bicyclic) bond motifs is 2. The second-order valence-corrected chi connectivity index (χ2v) is 7.58. The molecule has 1 N–H and O–H groups in total. The number of aryl methyl sites for hydroxylation is 1. The number of imidazole rings is 1. The van der Waals surface area contributed by atoms with Gasteiger partial charge in [-0.15, -0.1) is 6.58 Å². The molecule has 6 heteroatoms. The first-order valence-corrected chi connectivity index (χ1v) is 9.10. The molecule has 2 fully saturated rings. The predicted molar refractivity (Wildman–Crippen MR) is 95.9 cm³/mol. The number of hydrogen-bond donors (Lipinski definition) is 1. The molecule has 0 amide bonds. The summed E-state index contributed by atoms with van der Waals surface area (Å²) in [5.74, 6) is 0.805. The van der Waals surface area contributed by atoms with Gasteiger partial charge < -0.3 is 9.67 Å². The SMILES string of the molecule is C=CCn1ncc(CN2C3CCC2CC(O)(c2nccn2C)C3)c1C. The molecule has 2 aromatic rings. The largest absolute Gasteiger partial charge is 0.382 e. The van der Waals surface area contributed by atoms with Crippen LogP contribution in [-0.4, -0.2) is 41.4 Å². The summed E-state index contributed by atoms with van der Waals surface area (Å²) in [5.41, 5.74) is 1.69. The van der Waals surface area contributed by atoms with E-state index in [1.807, 2.05) is 34.8 Å². The maximum Gasteiger partial charge on any atom is 0.140 e. The normalized spacial score (nSPS) is 29.2. The van der Waals surface area contributed by atoms with Gasteiger partial charge in [0.25, 0.3) is 0 Å². The first kappa shape index (κ1) is 16.5. The molecule has 2 aliphatic rings. The van der Waals surface area contributed by atoms with Crippen molar-refractivity contribution >= 4 is 0 Å². The van der Waals surface area contributed by atoms with Crippen molar-refractivity contribution < 1.29 is 5.11 Å². The average molecular weight is 341 g/mol. The third-order valence-corrected chi connectivity index (χ3v) is 6.01. The van der Waals surface area contributed by atoms with E-state index in [1.54, 1.807) is 6.20 Å². The van der Waals surface area contributed by atoms with Gasteiger partial charge in [-0.3, -0.25) is 9.58 Å². The second-order valence-electron chi connectivity index (χ2n) is 7.58. The number of aliphatic hydroxyl groups is 1. The van der Waals surface area contributed by atoms with Crippen LogP contribution in [0.1, 0.15) is 42.8 Å². The molecule has 2 bridgehead atoms. The van der Waals surface area contributed by atoms with Crippen LogP contribution in [0.15, 0.2) is 31.2 Å². The van der Waals surface area contributed by atoms with E-state index in [1.165, 1.54) is 11.3 Å². The van der Waals surface area contributed by atoms with Crippen LogP contribution >= 0.6 is 0 Å². The number of aromatic nitrogens is 4. The summed E-state index contributed by atoms with van der Waals surface area (Å²) in [6, 6.07) is 0.810. The van der Waals surface area contributed by atoms with Crippen molar-refractivity contribution in [2.24, 2.45) is 7.05 Å². The zero-order valence-electron chi connectivity index (χ0n) is 15.1. The summed E-state index contributed by atoms with van der Waals surface area (Å²) in [6.45, 7) is 7.58. The van der Waals surface area contributed by atoms with Crippen LogP contribution in [0, 0.1) is 6.92 Å². The van der Waals surface area contributed by atoms with Gasteiger partial charge in [-0.2, -0.15) is 5.10 Å². The molecule has 0 aliphatic carbocycles. The van der Waals surface area contributed by atoms with Crippen LogP contribution in [-0.2, 0) is 25.7 Å². The zero-order chi connectivity index (χ0) is 17.6. The fourth-order valence-corrected chi connectivity index (χ4v) is 4.71. The van der Waals surface area contributed by atoms with Crippen LogP contribution in [0.5, 0.6) is 0 Å². The molecule has 4 heterocycles. The Morgan fingerprint density at radius 2 is 2.08 bits per heavy atom. The van der Waals surface area contributed by atoms with Crippen molar-refractivity contribution in [3.05, 3.63) is 48.3 Å². The molecule has 0 spiro atoms. The van der Waals surface area contributed by atoms with Gasteiger partial charge >= 0.3 is 0 Å². The number of nitrogens with zero attached hydrogens (tertiary/aromatic N) is 5. The molecular formula is C19H27N5O. The molecule has 2 aromatic heterocycles. The highest BCUT2D eigenvalue weighted by atomic mass is 16.3. The van der Waals surface area contributed by atoms with Gasteiger partial charge in [0.05, 0.1) is 12.7 Å². The van der Waals surface area contributed by atoms with Crippen LogP contribution in [0.2, 0.25) is 0 Å². The van der Waals surface area contributed by atoms with E-state index in [-0.39, 0.29) is 0 Å². The van der Waals surface area contributed by atoms with Crippen LogP contribution < -0.4 is 0 Å². The predicted octanol–water partition coefficient (Wildman–Crippen LogP) is 2.13. The van der Waals surface area contributed by atoms with Gasteiger partial charge in [0.15, 0.2) is 0 Å². The number of allylic oxidation sites excluding steroid dienone is 1. The Morgan fingerprint density at radius 1 is 1.36 bits per heavy atom. The van der Waals surface area contributed by atoms with Crippen molar-refractivity contribution in [2.45, 2.75) is 63.4 Å². The third kappa shape index (κ3) is 2.73. The summed E-state index contributed by atoms with van der Waals surface area (Å²) >= 11 is 0. The molecule has 0 aromatic carbocycles. The number of rotatable bonds is 5. The quantitative estimate of drug-likeness (QED) is 0.847. The first-order valence-electron chi connectivity index (χ1n) is 9.10. The molecule has 25 heavy (non-hydrogen) atoms. The van der Waals surface area contributed by atoms with Crippen molar-refractivity contribution in [1.29, 1.82) is 0 Å². The van der Waals surface area contributed by atoms with E-state index < -0.39 is 5.60 Å². The van der Waals surface area contributed by atoms with Gasteiger partial charge in [-0.1, -0.05) is 6.08 Å². The van der Waals surface area contributed by atoms with Crippen molar-refractivity contribution in [3.63, 3.8) is 0 Å². The highest BCUT2D eigenvalue weighted by Gasteiger charge is 2.49. The number of hydrogen-bond acceptors (Lipinski definition) is 4. The zero-order valence-corrected chi connectivity index (χ0v) is 15.1. The standard InChI is InChI=1S/C19H27N5O/c1-4-8-24-14(2)15(12-21-24)13-23-16-5-6-17(23)11-19(25,10-16)18-20-7-9-22(18)3/h4,7,9,12,16-17,25H,1,5-6,8,10-11,13H2,2-3H3. The molecule has 0 saturated carbocycles. The minimum absolute atomic E-state index is 0.405. The molecule has 0 radical (unpaired) electrons. The first-order chi connectivity index (χ1) is 12.0. The van der Waals surface area contributed by atoms with E-state index >= 15 is 0 Å². The molecule has 4 rings (SSSR count). The van der Waals surface area contributed by atoms with Crippen molar-refractivity contribution in [1.82, 2.24) is 24.2 Å². The van der Waals surface area contributed by atoms with Crippen LogP contribution in [0.3, 0.4) is 0 Å². The molecule has 2 atom stereocenters. The van der Waals surface area contributed by atoms with Crippen LogP contribution in [0.4, 0.5) is 0 Å². The van der Waals surface area contributed by atoms with E-state index in [0.29, 0.717) is 12.1 Å². The summed E-state index contributed by atoms with van der Waals surface area (Å²) in [4.78, 5) is 7.00. The Balaban J connectivity index is 1.53. The lowest BCUT2D eigenvalue weighted by atomic mass is 9.85. The Morgan fingerprint density at radius 3 is 2.68 bits per heavy atom. The Bertz CT molecular complexity index is 763. The highest BCUT2D eigenvalue weighted by Crippen LogP contribution is 2.45. The van der Waals surface area contributed by atoms with Crippen molar-refractivity contribution in [3.8, 4) is 0 Å².